The van der Waals surface area contributed by atoms with Crippen molar-refractivity contribution in [3.8, 4) is 11.5 Å². The van der Waals surface area contributed by atoms with Gasteiger partial charge in [-0.05, 0) is 44.4 Å². The van der Waals surface area contributed by atoms with Gasteiger partial charge >= 0.3 is 11.7 Å². The van der Waals surface area contributed by atoms with Gasteiger partial charge in [0, 0.05) is 25.5 Å². The van der Waals surface area contributed by atoms with Crippen molar-refractivity contribution in [2.24, 2.45) is 0 Å². The molecule has 0 unspecified atom stereocenters. The lowest BCUT2D eigenvalue weighted by Gasteiger charge is -2.20. The van der Waals surface area contributed by atoms with Crippen LogP contribution in [0, 0.1) is 6.92 Å². The fraction of sp³-hybridized carbons (Fsp3) is 0.500. The van der Waals surface area contributed by atoms with Gasteiger partial charge in [-0.2, -0.15) is 4.98 Å². The van der Waals surface area contributed by atoms with Crippen LogP contribution in [0.3, 0.4) is 0 Å². The Hall–Kier alpha value is -3.17. The summed E-state index contributed by atoms with van der Waals surface area (Å²) in [5.41, 5.74) is -0.559. The van der Waals surface area contributed by atoms with Gasteiger partial charge in [0.15, 0.2) is 11.5 Å². The van der Waals surface area contributed by atoms with E-state index in [9.17, 15) is 23.2 Å². The number of carbonyl (C=O) groups is 1. The zero-order valence-electron chi connectivity index (χ0n) is 18.3. The SMILES string of the molecule is CCOC(=O)CCCCCCn1c2nc(=O)[nH]c(=O)c-2nc2cc(C)c(C(C)(F)F)cc21. The number of hydrogen-bond acceptors (Lipinski definition) is 6. The Morgan fingerprint density at radius 3 is 2.56 bits per heavy atom. The fourth-order valence-corrected chi connectivity index (χ4v) is 3.77. The standard InChI is InChI=1S/C22H26F2N4O4/c1-4-32-17(29)9-7-5-6-8-10-28-16-12-14(22(3,23)24)13(2)11-15(16)25-18-19(28)26-21(31)27-20(18)30/h11-12H,4-10H2,1-3H3,(H,27,30,31). The number of aryl methyl sites for hydroxylation is 2. The minimum Gasteiger partial charge on any atom is -0.466 e. The predicted octanol–water partition coefficient (Wildman–Crippen LogP) is 3.52. The summed E-state index contributed by atoms with van der Waals surface area (Å²) in [5.74, 6) is -3.24. The van der Waals surface area contributed by atoms with Crippen molar-refractivity contribution in [3.05, 3.63) is 44.1 Å². The van der Waals surface area contributed by atoms with E-state index in [1.165, 1.54) is 12.1 Å². The number of nitrogens with zero attached hydrogens (tertiary/aromatic N) is 3. The molecule has 10 heteroatoms. The molecule has 32 heavy (non-hydrogen) atoms. The van der Waals surface area contributed by atoms with E-state index in [2.05, 4.69) is 15.0 Å². The molecule has 1 N–H and O–H groups in total. The van der Waals surface area contributed by atoms with Gasteiger partial charge in [-0.15, -0.1) is 0 Å². The fourth-order valence-electron chi connectivity index (χ4n) is 3.77. The van der Waals surface area contributed by atoms with E-state index >= 15 is 0 Å². The first-order valence-electron chi connectivity index (χ1n) is 10.6. The number of aromatic amines is 1. The van der Waals surface area contributed by atoms with Crippen LogP contribution in [0.2, 0.25) is 0 Å². The van der Waals surface area contributed by atoms with Gasteiger partial charge < -0.3 is 9.30 Å². The van der Waals surface area contributed by atoms with Crippen LogP contribution in [0.5, 0.6) is 0 Å². The van der Waals surface area contributed by atoms with Crippen molar-refractivity contribution < 1.29 is 18.3 Å². The Labute approximate surface area is 183 Å². The molecule has 0 saturated heterocycles. The Bertz CT molecular complexity index is 1210. The van der Waals surface area contributed by atoms with E-state index < -0.39 is 17.2 Å². The first-order chi connectivity index (χ1) is 15.1. The van der Waals surface area contributed by atoms with E-state index in [-0.39, 0.29) is 23.1 Å². The second-order valence-electron chi connectivity index (χ2n) is 7.82. The molecule has 2 aliphatic heterocycles. The Kier molecular flexibility index (Phi) is 7.00. The van der Waals surface area contributed by atoms with Gasteiger partial charge in [-0.3, -0.25) is 14.6 Å². The van der Waals surface area contributed by atoms with Crippen LogP contribution in [0.1, 0.15) is 57.1 Å². The lowest BCUT2D eigenvalue weighted by molar-refractivity contribution is -0.143. The molecule has 0 aromatic heterocycles. The highest BCUT2D eigenvalue weighted by Crippen LogP contribution is 2.33. The maximum atomic E-state index is 14.1. The smallest absolute Gasteiger partial charge is 0.349 e. The van der Waals surface area contributed by atoms with E-state index in [1.807, 2.05) is 0 Å². The summed E-state index contributed by atoms with van der Waals surface area (Å²) in [6, 6.07) is 2.87. The summed E-state index contributed by atoms with van der Waals surface area (Å²) in [5, 5.41) is 0. The highest BCUT2D eigenvalue weighted by Gasteiger charge is 2.28. The van der Waals surface area contributed by atoms with Crippen LogP contribution in [-0.4, -0.2) is 32.1 Å². The quantitative estimate of drug-likeness (QED) is 0.305. The topological polar surface area (TPSA) is 107 Å². The monoisotopic (exact) mass is 448 g/mol. The number of alkyl halides is 2. The highest BCUT2D eigenvalue weighted by molar-refractivity contribution is 5.81. The normalized spacial score (nSPS) is 11.9. The first kappa shape index (κ1) is 23.5. The van der Waals surface area contributed by atoms with Crippen LogP contribution in [0.15, 0.2) is 21.7 Å². The van der Waals surface area contributed by atoms with Crippen molar-refractivity contribution in [1.82, 2.24) is 19.5 Å². The summed E-state index contributed by atoms with van der Waals surface area (Å²) in [6.07, 6.45) is 3.19. The second kappa shape index (κ2) is 9.54. The number of unbranched alkanes of at least 4 members (excludes halogenated alkanes) is 3. The second-order valence-corrected chi connectivity index (χ2v) is 7.82. The van der Waals surface area contributed by atoms with Gasteiger partial charge in [-0.1, -0.05) is 12.8 Å². The molecule has 0 fully saturated rings. The third kappa shape index (κ3) is 5.17. The number of hydrogen-bond donors (Lipinski definition) is 1. The molecule has 0 bridgehead atoms. The number of esters is 1. The van der Waals surface area contributed by atoms with E-state index in [0.29, 0.717) is 49.0 Å². The molecule has 0 aliphatic carbocycles. The molecule has 3 rings (SSSR count). The Morgan fingerprint density at radius 1 is 1.16 bits per heavy atom. The van der Waals surface area contributed by atoms with Crippen molar-refractivity contribution in [3.63, 3.8) is 0 Å². The number of nitrogens with one attached hydrogen (secondary N) is 1. The molecule has 1 aromatic rings. The van der Waals surface area contributed by atoms with Crippen LogP contribution in [0.4, 0.5) is 8.78 Å². The molecule has 0 radical (unpaired) electrons. The van der Waals surface area contributed by atoms with Gasteiger partial charge in [0.05, 0.1) is 17.6 Å². The van der Waals surface area contributed by atoms with Crippen LogP contribution in [-0.2, 0) is 22.0 Å². The maximum Gasteiger partial charge on any atom is 0.349 e. The van der Waals surface area contributed by atoms with Crippen molar-refractivity contribution >= 4 is 17.0 Å². The lowest BCUT2D eigenvalue weighted by atomic mass is 10.0. The van der Waals surface area contributed by atoms with Crippen LogP contribution < -0.4 is 11.2 Å². The number of rotatable bonds is 9. The number of carbonyl (C=O) groups excluding carboxylic acids is 1. The van der Waals surface area contributed by atoms with Gasteiger partial charge in [0.2, 0.25) is 0 Å². The van der Waals surface area contributed by atoms with E-state index in [0.717, 1.165) is 19.8 Å². The third-order valence-electron chi connectivity index (χ3n) is 5.25. The molecule has 172 valence electrons. The Balaban J connectivity index is 1.95. The number of H-pyrrole nitrogens is 1. The molecule has 0 saturated carbocycles. The molecule has 2 aliphatic rings. The van der Waals surface area contributed by atoms with Crippen LogP contribution in [0.25, 0.3) is 22.6 Å². The highest BCUT2D eigenvalue weighted by atomic mass is 19.3. The van der Waals surface area contributed by atoms with Crippen LogP contribution >= 0.6 is 0 Å². The van der Waals surface area contributed by atoms with Gasteiger partial charge in [-0.25, -0.2) is 18.6 Å². The number of aromatic nitrogens is 4. The minimum absolute atomic E-state index is 0.0187. The average molecular weight is 448 g/mol. The zero-order chi connectivity index (χ0) is 23.5. The lowest BCUT2D eigenvalue weighted by Crippen LogP contribution is -2.29. The predicted molar refractivity (Wildman–Crippen MR) is 115 cm³/mol. The number of halogens is 2. The van der Waals surface area contributed by atoms with Crippen molar-refractivity contribution in [2.45, 2.75) is 65.3 Å². The summed E-state index contributed by atoms with van der Waals surface area (Å²) >= 11 is 0. The molecular weight excluding hydrogens is 422 g/mol. The molecular formula is C22H26F2N4O4. The van der Waals surface area contributed by atoms with Crippen molar-refractivity contribution in [2.75, 3.05) is 6.61 Å². The largest absolute Gasteiger partial charge is 0.466 e. The van der Waals surface area contributed by atoms with E-state index in [4.69, 9.17) is 4.74 Å². The Morgan fingerprint density at radius 2 is 1.88 bits per heavy atom. The first-order valence-corrected chi connectivity index (χ1v) is 10.6. The average Bonchev–Trinajstić information content (AvgIpc) is 2.69. The third-order valence-corrected chi connectivity index (χ3v) is 5.25. The number of fused-ring (bicyclic) bond motifs is 2. The van der Waals surface area contributed by atoms with E-state index in [1.54, 1.807) is 18.4 Å². The molecule has 8 nitrogen and oxygen atoms in total. The molecule has 1 aromatic carbocycles. The molecule has 0 atom stereocenters. The number of benzene rings is 1. The zero-order valence-corrected chi connectivity index (χ0v) is 18.3. The summed E-state index contributed by atoms with van der Waals surface area (Å²) in [4.78, 5) is 45.9. The minimum atomic E-state index is -3.07. The maximum absolute atomic E-state index is 14.1. The molecule has 0 spiro atoms. The summed E-state index contributed by atoms with van der Waals surface area (Å²) < 4.78 is 34.8. The number of ether oxygens (including phenoxy) is 1. The van der Waals surface area contributed by atoms with Gasteiger partial charge in [0.25, 0.3) is 11.5 Å². The van der Waals surface area contributed by atoms with Gasteiger partial charge in [0.1, 0.15) is 0 Å². The molecule has 2 heterocycles. The summed E-state index contributed by atoms with van der Waals surface area (Å²) in [6.45, 7) is 4.84. The molecule has 0 amide bonds. The van der Waals surface area contributed by atoms with Crippen molar-refractivity contribution in [1.29, 1.82) is 0 Å². The summed E-state index contributed by atoms with van der Waals surface area (Å²) in [7, 11) is 0.